The van der Waals surface area contributed by atoms with Gasteiger partial charge in [0.05, 0.1) is 11.6 Å². The van der Waals surface area contributed by atoms with E-state index >= 15 is 0 Å². The first kappa shape index (κ1) is 17.0. The number of aromatic carboxylic acids is 1. The van der Waals surface area contributed by atoms with Crippen LogP contribution in [0.1, 0.15) is 52.7 Å². The van der Waals surface area contributed by atoms with E-state index in [1.807, 2.05) is 0 Å². The Kier molecular flexibility index (Phi) is 3.73. The van der Waals surface area contributed by atoms with E-state index in [1.165, 1.54) is 12.1 Å². The third-order valence-electron chi connectivity index (χ3n) is 6.69. The topological polar surface area (TPSA) is 49.3 Å². The van der Waals surface area contributed by atoms with Crippen molar-refractivity contribution in [3.63, 3.8) is 0 Å². The average Bonchev–Trinajstić information content (AvgIpc) is 3.24. The van der Waals surface area contributed by atoms with Gasteiger partial charge in [-0.1, -0.05) is 17.7 Å². The minimum atomic E-state index is -0.983. The molecule has 2 aromatic carbocycles. The van der Waals surface area contributed by atoms with Crippen molar-refractivity contribution in [2.24, 2.45) is 17.8 Å². The van der Waals surface area contributed by atoms with Gasteiger partial charge in [0.1, 0.15) is 0 Å². The van der Waals surface area contributed by atoms with Crippen molar-refractivity contribution in [1.29, 1.82) is 0 Å². The van der Waals surface area contributed by atoms with Gasteiger partial charge in [-0.25, -0.2) is 13.6 Å². The fourth-order valence-corrected chi connectivity index (χ4v) is 6.01. The molecule has 5 rings (SSSR count). The number of rotatable bonds is 2. The first-order chi connectivity index (χ1) is 12.9. The van der Waals surface area contributed by atoms with E-state index in [-0.39, 0.29) is 23.4 Å². The first-order valence-electron chi connectivity index (χ1n) is 9.22. The minimum Gasteiger partial charge on any atom is -0.478 e. The summed E-state index contributed by atoms with van der Waals surface area (Å²) in [5.74, 6) is -1.57. The summed E-state index contributed by atoms with van der Waals surface area (Å²) >= 11 is 6.17. The summed E-state index contributed by atoms with van der Waals surface area (Å²) in [5.41, 5.74) is 2.46. The maximum atomic E-state index is 13.9. The van der Waals surface area contributed by atoms with Crippen LogP contribution in [0.15, 0.2) is 30.3 Å². The van der Waals surface area contributed by atoms with Crippen LogP contribution in [0.3, 0.4) is 0 Å². The molecule has 6 heteroatoms. The number of fused-ring (bicyclic) bond motifs is 7. The third-order valence-corrected chi connectivity index (χ3v) is 6.91. The molecule has 2 aliphatic carbocycles. The molecule has 2 N–H and O–H groups in total. The Morgan fingerprint density at radius 2 is 1.89 bits per heavy atom. The molecule has 27 heavy (non-hydrogen) atoms. The SMILES string of the molecule is O=C(O)c1cc(Cl)cc2c1[C@H]1[C@H]3CC[C@@H](C3)[C@@H]1[C@@H](c1ccc(F)c(F)c1)N2. The number of anilines is 1. The van der Waals surface area contributed by atoms with Gasteiger partial charge in [-0.05, 0) is 78.3 Å². The Bertz CT molecular complexity index is 963. The van der Waals surface area contributed by atoms with Gasteiger partial charge >= 0.3 is 5.97 Å². The number of halogens is 3. The van der Waals surface area contributed by atoms with Gasteiger partial charge in [0.2, 0.25) is 0 Å². The molecule has 0 aromatic heterocycles. The van der Waals surface area contributed by atoms with Crippen LogP contribution in [0.4, 0.5) is 14.5 Å². The van der Waals surface area contributed by atoms with Crippen LogP contribution in [0.2, 0.25) is 5.02 Å². The van der Waals surface area contributed by atoms with E-state index in [9.17, 15) is 18.7 Å². The van der Waals surface area contributed by atoms with E-state index in [0.717, 1.165) is 30.9 Å². The molecule has 2 fully saturated rings. The van der Waals surface area contributed by atoms with Gasteiger partial charge in [-0.15, -0.1) is 0 Å². The Hall–Kier alpha value is -2.14. The normalized spacial score (nSPS) is 30.6. The summed E-state index contributed by atoms with van der Waals surface area (Å²) in [5, 5.41) is 13.5. The summed E-state index contributed by atoms with van der Waals surface area (Å²) in [6, 6.07) is 7.11. The molecule has 0 saturated heterocycles. The number of carbonyl (C=O) groups is 1. The molecule has 2 saturated carbocycles. The molecule has 1 aliphatic heterocycles. The van der Waals surface area contributed by atoms with Crippen molar-refractivity contribution in [3.05, 3.63) is 63.7 Å². The lowest BCUT2D eigenvalue weighted by atomic mass is 9.67. The molecule has 140 valence electrons. The van der Waals surface area contributed by atoms with Gasteiger partial charge in [0, 0.05) is 10.7 Å². The molecule has 0 amide bonds. The van der Waals surface area contributed by atoms with Crippen LogP contribution >= 0.6 is 11.6 Å². The highest BCUT2D eigenvalue weighted by molar-refractivity contribution is 6.31. The van der Waals surface area contributed by atoms with E-state index in [0.29, 0.717) is 28.1 Å². The molecule has 1 heterocycles. The van der Waals surface area contributed by atoms with Crippen molar-refractivity contribution in [2.75, 3.05) is 5.32 Å². The maximum Gasteiger partial charge on any atom is 0.336 e. The van der Waals surface area contributed by atoms with E-state index in [2.05, 4.69) is 5.32 Å². The van der Waals surface area contributed by atoms with Crippen LogP contribution in [0, 0.1) is 29.4 Å². The van der Waals surface area contributed by atoms with E-state index in [1.54, 1.807) is 12.1 Å². The standard InChI is InChI=1S/C21H18ClF2NO2/c22-12-7-13(21(26)27)19-16(8-12)25-20(11-3-4-14(23)15(24)6-11)18-10-2-1-9(5-10)17(18)19/h3-4,6-10,17-18,20,25H,1-2,5H2,(H,26,27)/t9-,10-,17-,18-,20+/m0/s1. The molecular formula is C21H18ClF2NO2. The number of carboxylic acids is 1. The van der Waals surface area contributed by atoms with Crippen molar-refractivity contribution >= 4 is 23.3 Å². The van der Waals surface area contributed by atoms with Gasteiger partial charge in [-0.3, -0.25) is 0 Å². The first-order valence-corrected chi connectivity index (χ1v) is 9.60. The highest BCUT2D eigenvalue weighted by Crippen LogP contribution is 2.64. The summed E-state index contributed by atoms with van der Waals surface area (Å²) in [6.45, 7) is 0. The monoisotopic (exact) mass is 389 g/mol. The van der Waals surface area contributed by atoms with Gasteiger partial charge in [0.15, 0.2) is 11.6 Å². The smallest absolute Gasteiger partial charge is 0.336 e. The second kappa shape index (κ2) is 5.93. The zero-order chi connectivity index (χ0) is 18.9. The Labute approximate surface area is 160 Å². The van der Waals surface area contributed by atoms with Crippen LogP contribution in [0.25, 0.3) is 0 Å². The number of carboxylic acid groups (broad SMARTS) is 1. The molecule has 0 radical (unpaired) electrons. The lowest BCUT2D eigenvalue weighted by molar-refractivity contribution is 0.0693. The minimum absolute atomic E-state index is 0.0986. The second-order valence-corrected chi connectivity index (χ2v) is 8.39. The Morgan fingerprint density at radius 3 is 2.63 bits per heavy atom. The molecule has 3 nitrogen and oxygen atoms in total. The van der Waals surface area contributed by atoms with Gasteiger partial charge < -0.3 is 10.4 Å². The number of nitrogens with one attached hydrogen (secondary N) is 1. The Balaban J connectivity index is 1.69. The van der Waals surface area contributed by atoms with Crippen LogP contribution in [-0.4, -0.2) is 11.1 Å². The average molecular weight is 390 g/mol. The molecule has 0 unspecified atom stereocenters. The van der Waals surface area contributed by atoms with Gasteiger partial charge in [0.25, 0.3) is 0 Å². The molecule has 2 aromatic rings. The molecule has 3 aliphatic rings. The predicted molar refractivity (Wildman–Crippen MR) is 98.2 cm³/mol. The fraction of sp³-hybridized carbons (Fsp3) is 0.381. The number of benzene rings is 2. The largest absolute Gasteiger partial charge is 0.478 e. The van der Waals surface area contributed by atoms with Crippen molar-refractivity contribution in [3.8, 4) is 0 Å². The van der Waals surface area contributed by atoms with Crippen molar-refractivity contribution in [2.45, 2.75) is 31.2 Å². The van der Waals surface area contributed by atoms with E-state index in [4.69, 9.17) is 11.6 Å². The van der Waals surface area contributed by atoms with E-state index < -0.39 is 17.6 Å². The molecular weight excluding hydrogens is 372 g/mol. The van der Waals surface area contributed by atoms with Crippen molar-refractivity contribution in [1.82, 2.24) is 0 Å². The van der Waals surface area contributed by atoms with Crippen LogP contribution in [0.5, 0.6) is 0 Å². The molecule has 0 spiro atoms. The summed E-state index contributed by atoms with van der Waals surface area (Å²) in [4.78, 5) is 11.9. The van der Waals surface area contributed by atoms with Crippen LogP contribution in [-0.2, 0) is 0 Å². The second-order valence-electron chi connectivity index (χ2n) is 7.95. The summed E-state index contributed by atoms with van der Waals surface area (Å²) in [6.07, 6.45) is 3.23. The van der Waals surface area contributed by atoms with Gasteiger partial charge in [-0.2, -0.15) is 0 Å². The zero-order valence-corrected chi connectivity index (χ0v) is 15.1. The maximum absolute atomic E-state index is 13.9. The highest BCUT2D eigenvalue weighted by atomic mass is 35.5. The fourth-order valence-electron chi connectivity index (χ4n) is 5.79. The zero-order valence-electron chi connectivity index (χ0n) is 14.4. The van der Waals surface area contributed by atoms with Crippen LogP contribution < -0.4 is 5.32 Å². The quantitative estimate of drug-likeness (QED) is 0.701. The summed E-state index contributed by atoms with van der Waals surface area (Å²) < 4.78 is 27.3. The van der Waals surface area contributed by atoms with Crippen molar-refractivity contribution < 1.29 is 18.7 Å². The number of hydrogen-bond acceptors (Lipinski definition) is 2. The number of hydrogen-bond donors (Lipinski definition) is 2. The third kappa shape index (κ3) is 2.48. The summed E-state index contributed by atoms with van der Waals surface area (Å²) in [7, 11) is 0. The molecule has 5 atom stereocenters. The lowest BCUT2D eigenvalue weighted by Gasteiger charge is -2.44. The predicted octanol–water partition coefficient (Wildman–Crippen LogP) is 5.61. The highest BCUT2D eigenvalue weighted by Gasteiger charge is 2.54. The Morgan fingerprint density at radius 1 is 1.11 bits per heavy atom. The lowest BCUT2D eigenvalue weighted by Crippen LogP contribution is -2.36. The molecule has 2 bridgehead atoms.